The molecule has 0 radical (unpaired) electrons. The molecule has 1 saturated heterocycles. The van der Waals surface area contributed by atoms with Crippen molar-refractivity contribution in [2.24, 2.45) is 0 Å². The standard InChI is InChI=1S/C28H27N7O5/c1-2-22(37)40-34-12-6-9-18(14-34)35-28-23(27(29)30-15-31-28)24(33-35)19-10-11-20(26-25(19)38-16-39-26)32-21(36)13-17-7-4-3-5-8-17/h2-5,7-8,10-11,15,18H,1,6,9,12-14,16H2,(H,32,36)(H2,29,30,31)/t18-/m1/s1. The minimum absolute atomic E-state index is 0.00915. The number of hydroxylamine groups is 2. The van der Waals surface area contributed by atoms with Crippen LogP contribution >= 0.6 is 0 Å². The second kappa shape index (κ2) is 10.7. The highest BCUT2D eigenvalue weighted by Gasteiger charge is 2.31. The summed E-state index contributed by atoms with van der Waals surface area (Å²) in [4.78, 5) is 38.6. The number of amides is 1. The number of benzene rings is 2. The number of aromatic nitrogens is 4. The maximum Gasteiger partial charge on any atom is 0.349 e. The molecule has 4 aromatic rings. The van der Waals surface area contributed by atoms with E-state index in [-0.39, 0.29) is 31.0 Å². The number of nitrogens with zero attached hydrogens (tertiary/aromatic N) is 5. The van der Waals surface area contributed by atoms with Crippen LogP contribution in [0.25, 0.3) is 22.3 Å². The first-order valence-electron chi connectivity index (χ1n) is 12.9. The van der Waals surface area contributed by atoms with Crippen molar-refractivity contribution in [1.29, 1.82) is 0 Å². The van der Waals surface area contributed by atoms with Gasteiger partial charge in [-0.2, -0.15) is 5.10 Å². The van der Waals surface area contributed by atoms with Crippen LogP contribution in [0.15, 0.2) is 61.4 Å². The van der Waals surface area contributed by atoms with Gasteiger partial charge >= 0.3 is 5.97 Å². The molecular weight excluding hydrogens is 514 g/mol. The molecule has 40 heavy (non-hydrogen) atoms. The summed E-state index contributed by atoms with van der Waals surface area (Å²) in [7, 11) is 0. The number of carbonyl (C=O) groups is 2. The lowest BCUT2D eigenvalue weighted by Gasteiger charge is -2.31. The molecule has 0 bridgehead atoms. The lowest BCUT2D eigenvalue weighted by Crippen LogP contribution is -2.38. The van der Waals surface area contributed by atoms with Crippen molar-refractivity contribution in [2.45, 2.75) is 25.3 Å². The number of ether oxygens (including phenoxy) is 2. The summed E-state index contributed by atoms with van der Waals surface area (Å²) in [5.41, 5.74) is 9.44. The smallest absolute Gasteiger partial charge is 0.349 e. The molecule has 2 aliphatic heterocycles. The van der Waals surface area contributed by atoms with Crippen LogP contribution in [0.3, 0.4) is 0 Å². The van der Waals surface area contributed by atoms with Crippen molar-refractivity contribution < 1.29 is 23.9 Å². The molecule has 0 unspecified atom stereocenters. The van der Waals surface area contributed by atoms with Crippen molar-refractivity contribution >= 4 is 34.4 Å². The number of nitrogens with two attached hydrogens (primary N) is 1. The van der Waals surface area contributed by atoms with Crippen molar-refractivity contribution in [1.82, 2.24) is 24.8 Å². The van der Waals surface area contributed by atoms with E-state index >= 15 is 0 Å². The number of rotatable bonds is 7. The fourth-order valence-electron chi connectivity index (χ4n) is 5.06. The third-order valence-corrected chi connectivity index (χ3v) is 6.86. The van der Waals surface area contributed by atoms with Gasteiger partial charge in [0.1, 0.15) is 17.8 Å². The molecule has 4 heterocycles. The lowest BCUT2D eigenvalue weighted by molar-refractivity contribution is -0.191. The zero-order chi connectivity index (χ0) is 27.6. The van der Waals surface area contributed by atoms with Gasteiger partial charge in [0.2, 0.25) is 12.7 Å². The second-order valence-corrected chi connectivity index (χ2v) is 9.49. The van der Waals surface area contributed by atoms with Crippen molar-refractivity contribution in [3.05, 3.63) is 67.0 Å². The van der Waals surface area contributed by atoms with Gasteiger partial charge in [-0.3, -0.25) is 4.79 Å². The molecule has 2 aliphatic rings. The molecule has 0 spiro atoms. The molecule has 1 amide bonds. The van der Waals surface area contributed by atoms with Crippen LogP contribution in [-0.4, -0.2) is 56.6 Å². The predicted molar refractivity (Wildman–Crippen MR) is 146 cm³/mol. The predicted octanol–water partition coefficient (Wildman–Crippen LogP) is 3.27. The van der Waals surface area contributed by atoms with E-state index in [4.69, 9.17) is 25.1 Å². The van der Waals surface area contributed by atoms with E-state index in [0.29, 0.717) is 52.6 Å². The summed E-state index contributed by atoms with van der Waals surface area (Å²) in [5, 5.41) is 10.0. The van der Waals surface area contributed by atoms with Crippen LogP contribution in [0.1, 0.15) is 24.4 Å². The highest BCUT2D eigenvalue weighted by Crippen LogP contribution is 2.48. The Balaban J connectivity index is 1.35. The summed E-state index contributed by atoms with van der Waals surface area (Å²) in [6, 6.07) is 12.9. The maximum atomic E-state index is 12.8. The highest BCUT2D eigenvalue weighted by atomic mass is 16.7. The van der Waals surface area contributed by atoms with Crippen LogP contribution in [-0.2, 0) is 20.8 Å². The first-order chi connectivity index (χ1) is 19.5. The van der Waals surface area contributed by atoms with E-state index in [2.05, 4.69) is 21.9 Å². The summed E-state index contributed by atoms with van der Waals surface area (Å²) in [6.45, 7) is 4.48. The number of nitrogen functional groups attached to an aromatic ring is 1. The van der Waals surface area contributed by atoms with Gasteiger partial charge in [0.05, 0.1) is 30.1 Å². The summed E-state index contributed by atoms with van der Waals surface area (Å²) < 4.78 is 13.4. The fraction of sp³-hybridized carbons (Fsp3) is 0.250. The Morgan fingerprint density at radius 2 is 1.98 bits per heavy atom. The summed E-state index contributed by atoms with van der Waals surface area (Å²) in [5.74, 6) is 0.435. The second-order valence-electron chi connectivity index (χ2n) is 9.49. The largest absolute Gasteiger partial charge is 0.453 e. The number of hydrogen-bond donors (Lipinski definition) is 2. The van der Waals surface area contributed by atoms with E-state index < -0.39 is 5.97 Å². The SMILES string of the molecule is C=CC(=O)ON1CCC[C@@H](n2nc(-c3ccc(NC(=O)Cc4ccccc4)c4c3OCO4)c3c(N)ncnc32)C1. The van der Waals surface area contributed by atoms with E-state index in [1.54, 1.807) is 15.8 Å². The van der Waals surface area contributed by atoms with Crippen molar-refractivity contribution in [3.63, 3.8) is 0 Å². The minimum Gasteiger partial charge on any atom is -0.453 e. The van der Waals surface area contributed by atoms with Gasteiger partial charge in [0.25, 0.3) is 0 Å². The third kappa shape index (κ3) is 4.80. The van der Waals surface area contributed by atoms with Gasteiger partial charge in [-0.1, -0.05) is 36.9 Å². The molecule has 2 aromatic carbocycles. The van der Waals surface area contributed by atoms with E-state index in [1.807, 2.05) is 36.4 Å². The molecule has 0 saturated carbocycles. The first-order valence-corrected chi connectivity index (χ1v) is 12.9. The van der Waals surface area contributed by atoms with Gasteiger partial charge in [0.15, 0.2) is 17.1 Å². The lowest BCUT2D eigenvalue weighted by atomic mass is 10.1. The van der Waals surface area contributed by atoms with Crippen LogP contribution in [0.4, 0.5) is 11.5 Å². The van der Waals surface area contributed by atoms with Gasteiger partial charge in [0, 0.05) is 18.2 Å². The maximum absolute atomic E-state index is 12.8. The molecule has 12 nitrogen and oxygen atoms in total. The number of hydrogen-bond acceptors (Lipinski definition) is 10. The average molecular weight is 542 g/mol. The Morgan fingerprint density at radius 1 is 1.15 bits per heavy atom. The number of piperidine rings is 1. The van der Waals surface area contributed by atoms with Crippen LogP contribution < -0.4 is 20.5 Å². The number of anilines is 2. The number of fused-ring (bicyclic) bond motifs is 2. The summed E-state index contributed by atoms with van der Waals surface area (Å²) in [6.07, 6.45) is 4.34. The molecule has 12 heteroatoms. The van der Waals surface area contributed by atoms with Gasteiger partial charge < -0.3 is 25.4 Å². The molecule has 1 atom stereocenters. The monoisotopic (exact) mass is 541 g/mol. The first kappa shape index (κ1) is 25.3. The minimum atomic E-state index is -0.512. The Kier molecular flexibility index (Phi) is 6.74. The number of nitrogens with one attached hydrogen (secondary N) is 1. The summed E-state index contributed by atoms with van der Waals surface area (Å²) >= 11 is 0. The molecule has 0 aliphatic carbocycles. The normalized spacial score (nSPS) is 16.6. The Hall–Kier alpha value is -4.97. The Labute approximate surface area is 229 Å². The molecule has 2 aromatic heterocycles. The van der Waals surface area contributed by atoms with Crippen molar-refractivity contribution in [2.75, 3.05) is 30.9 Å². The zero-order valence-corrected chi connectivity index (χ0v) is 21.6. The molecular formula is C28H27N7O5. The quantitative estimate of drug-likeness (QED) is 0.334. The van der Waals surface area contributed by atoms with Crippen LogP contribution in [0.5, 0.6) is 11.5 Å². The van der Waals surface area contributed by atoms with E-state index in [1.165, 1.54) is 6.33 Å². The molecule has 204 valence electrons. The Morgan fingerprint density at radius 3 is 2.80 bits per heavy atom. The zero-order valence-electron chi connectivity index (χ0n) is 21.6. The fourth-order valence-corrected chi connectivity index (χ4v) is 5.06. The van der Waals surface area contributed by atoms with E-state index in [9.17, 15) is 9.59 Å². The molecule has 3 N–H and O–H groups in total. The molecule has 1 fully saturated rings. The van der Waals surface area contributed by atoms with Gasteiger partial charge in [-0.25, -0.2) is 19.4 Å². The topological polar surface area (TPSA) is 147 Å². The van der Waals surface area contributed by atoms with Gasteiger partial charge in [-0.05, 0) is 30.5 Å². The van der Waals surface area contributed by atoms with Crippen LogP contribution in [0.2, 0.25) is 0 Å². The Bertz CT molecular complexity index is 1600. The van der Waals surface area contributed by atoms with Crippen LogP contribution in [0, 0.1) is 0 Å². The van der Waals surface area contributed by atoms with Crippen molar-refractivity contribution in [3.8, 4) is 22.8 Å². The third-order valence-electron chi connectivity index (χ3n) is 6.86. The van der Waals surface area contributed by atoms with Gasteiger partial charge in [-0.15, -0.1) is 5.06 Å². The average Bonchev–Trinajstić information content (AvgIpc) is 3.61. The number of carbonyl (C=O) groups excluding carboxylic acids is 2. The van der Waals surface area contributed by atoms with E-state index in [0.717, 1.165) is 24.5 Å². The highest BCUT2D eigenvalue weighted by molar-refractivity contribution is 6.01. The molecule has 6 rings (SSSR count).